The summed E-state index contributed by atoms with van der Waals surface area (Å²) in [5.41, 5.74) is -0.117. The van der Waals surface area contributed by atoms with Crippen LogP contribution in [0, 0.1) is 45.8 Å². The molecule has 3 fully saturated rings. The van der Waals surface area contributed by atoms with Gasteiger partial charge in [0.2, 0.25) is 11.8 Å². The predicted octanol–water partition coefficient (Wildman–Crippen LogP) is 4.35. The van der Waals surface area contributed by atoms with E-state index in [0.717, 1.165) is 0 Å². The highest BCUT2D eigenvalue weighted by molar-refractivity contribution is 6.26. The van der Waals surface area contributed by atoms with Gasteiger partial charge in [0.05, 0.1) is 58.1 Å². The van der Waals surface area contributed by atoms with E-state index in [-0.39, 0.29) is 29.5 Å². The van der Waals surface area contributed by atoms with E-state index in [1.54, 1.807) is 24.3 Å². The molecule has 0 unspecified atom stereocenters. The Kier molecular flexibility index (Phi) is 5.24. The molecule has 3 aliphatic heterocycles. The highest BCUT2D eigenvalue weighted by Crippen LogP contribution is 2.62. The van der Waals surface area contributed by atoms with Crippen molar-refractivity contribution in [3.63, 3.8) is 0 Å². The van der Waals surface area contributed by atoms with E-state index in [1.807, 2.05) is 43.3 Å². The van der Waals surface area contributed by atoms with Gasteiger partial charge in [-0.25, -0.2) is 4.90 Å². The van der Waals surface area contributed by atoms with E-state index >= 15 is 0 Å². The third-order valence-corrected chi connectivity index (χ3v) is 8.30. The van der Waals surface area contributed by atoms with Gasteiger partial charge in [0, 0.05) is 17.2 Å². The number of fused-ring (bicyclic) bond motifs is 6. The van der Waals surface area contributed by atoms with Crippen molar-refractivity contribution in [1.29, 1.82) is 15.8 Å². The Morgan fingerprint density at radius 3 is 2.32 bits per heavy atom. The maximum absolute atomic E-state index is 14.0. The largest absolute Gasteiger partial charge is 0.493 e. The van der Waals surface area contributed by atoms with Crippen molar-refractivity contribution >= 4 is 28.3 Å². The van der Waals surface area contributed by atoms with Crippen LogP contribution in [-0.2, 0) is 14.3 Å². The number of imide groups is 1. The lowest BCUT2D eigenvalue weighted by molar-refractivity contribution is -0.131. The lowest BCUT2D eigenvalue weighted by Crippen LogP contribution is -2.43. The van der Waals surface area contributed by atoms with E-state index in [0.29, 0.717) is 47.0 Å². The molecule has 186 valence electrons. The zero-order chi connectivity index (χ0) is 26.7. The number of nitrogens with zero attached hydrogens (tertiary/aromatic N) is 4. The minimum absolute atomic E-state index is 0.220. The van der Waals surface area contributed by atoms with Crippen LogP contribution >= 0.6 is 0 Å². The molecule has 38 heavy (non-hydrogen) atoms. The Hall–Kier alpha value is -4.71. The molecule has 6 rings (SSSR count). The molecule has 0 spiro atoms. The monoisotopic (exact) mass is 502 g/mol. The number of ether oxygens (including phenoxy) is 2. The van der Waals surface area contributed by atoms with Gasteiger partial charge in [-0.05, 0) is 50.1 Å². The van der Waals surface area contributed by atoms with Gasteiger partial charge in [0.1, 0.15) is 17.9 Å². The minimum Gasteiger partial charge on any atom is -0.493 e. The average molecular weight is 503 g/mol. The van der Waals surface area contributed by atoms with Gasteiger partial charge in [0.15, 0.2) is 0 Å². The standard InChI is InChI=1S/C30H22N4O4/c1-29-10-11-30(38-29,12-13-37-21-8-6-18(15-31)20(14-21)17-33)26-25(29)27(35)34(28(26)36)24-9-7-19(16-32)22-4-2-3-5-23(22)24/h2-9,14,25-26H,10-13H2,1H3/t25-,26+,29-,30-/m0/s1. The van der Waals surface area contributed by atoms with Crippen molar-refractivity contribution in [1.82, 2.24) is 0 Å². The maximum Gasteiger partial charge on any atom is 0.240 e. The van der Waals surface area contributed by atoms with Gasteiger partial charge >= 0.3 is 0 Å². The second-order valence-corrected chi connectivity index (χ2v) is 10.3. The molecule has 3 aromatic rings. The minimum atomic E-state index is -0.839. The van der Waals surface area contributed by atoms with Crippen LogP contribution in [0.25, 0.3) is 10.8 Å². The molecule has 3 heterocycles. The van der Waals surface area contributed by atoms with Crippen molar-refractivity contribution in [2.45, 2.75) is 37.4 Å². The van der Waals surface area contributed by atoms with E-state index in [1.165, 1.54) is 11.0 Å². The van der Waals surface area contributed by atoms with Crippen molar-refractivity contribution in [3.05, 3.63) is 71.3 Å². The lowest BCUT2D eigenvalue weighted by atomic mass is 9.67. The third kappa shape index (κ3) is 3.23. The van der Waals surface area contributed by atoms with Crippen LogP contribution in [0.4, 0.5) is 5.69 Å². The number of nitriles is 3. The molecule has 3 saturated heterocycles. The van der Waals surface area contributed by atoms with Crippen LogP contribution in [0.15, 0.2) is 54.6 Å². The van der Waals surface area contributed by atoms with Crippen LogP contribution in [0.1, 0.15) is 42.9 Å². The molecular weight excluding hydrogens is 480 g/mol. The van der Waals surface area contributed by atoms with Crippen molar-refractivity contribution in [2.24, 2.45) is 11.8 Å². The molecule has 0 radical (unpaired) electrons. The number of hydrogen-bond donors (Lipinski definition) is 0. The van der Waals surface area contributed by atoms with E-state index in [2.05, 4.69) is 6.07 Å². The van der Waals surface area contributed by atoms with Gasteiger partial charge < -0.3 is 9.47 Å². The molecule has 2 bridgehead atoms. The fourth-order valence-corrected chi connectivity index (χ4v) is 6.57. The van der Waals surface area contributed by atoms with Crippen LogP contribution < -0.4 is 9.64 Å². The zero-order valence-corrected chi connectivity index (χ0v) is 20.6. The second kappa shape index (κ2) is 8.42. The number of carbonyl (C=O) groups excluding carboxylic acids is 2. The third-order valence-electron chi connectivity index (χ3n) is 8.30. The fourth-order valence-electron chi connectivity index (χ4n) is 6.57. The molecule has 3 aliphatic rings. The number of hydrogen-bond acceptors (Lipinski definition) is 7. The van der Waals surface area contributed by atoms with Crippen LogP contribution in [0.2, 0.25) is 0 Å². The first-order valence-corrected chi connectivity index (χ1v) is 12.4. The fraction of sp³-hybridized carbons (Fsp3) is 0.300. The van der Waals surface area contributed by atoms with Crippen molar-refractivity contribution in [3.8, 4) is 24.0 Å². The number of anilines is 1. The first kappa shape index (κ1) is 23.7. The molecule has 0 saturated carbocycles. The molecule has 3 aromatic carbocycles. The number of amides is 2. The van der Waals surface area contributed by atoms with E-state index < -0.39 is 23.0 Å². The summed E-state index contributed by atoms with van der Waals surface area (Å²) in [6.45, 7) is 2.13. The molecule has 4 atom stereocenters. The zero-order valence-electron chi connectivity index (χ0n) is 20.6. The summed E-state index contributed by atoms with van der Waals surface area (Å²) < 4.78 is 12.4. The summed E-state index contributed by atoms with van der Waals surface area (Å²) in [7, 11) is 0. The summed E-state index contributed by atoms with van der Waals surface area (Å²) in [4.78, 5) is 29.1. The summed E-state index contributed by atoms with van der Waals surface area (Å²) in [6, 6.07) is 21.5. The van der Waals surface area contributed by atoms with Crippen LogP contribution in [0.5, 0.6) is 5.75 Å². The summed E-state index contributed by atoms with van der Waals surface area (Å²) in [5.74, 6) is -1.35. The molecule has 0 N–H and O–H groups in total. The first-order valence-electron chi connectivity index (χ1n) is 12.4. The number of rotatable bonds is 5. The molecule has 0 aromatic heterocycles. The summed E-state index contributed by atoms with van der Waals surface area (Å²) >= 11 is 0. The summed E-state index contributed by atoms with van der Waals surface area (Å²) in [5, 5.41) is 29.3. The van der Waals surface area contributed by atoms with Crippen LogP contribution in [-0.4, -0.2) is 29.6 Å². The highest BCUT2D eigenvalue weighted by Gasteiger charge is 2.73. The van der Waals surface area contributed by atoms with Crippen LogP contribution in [0.3, 0.4) is 0 Å². The Bertz CT molecular complexity index is 1660. The molecule has 0 aliphatic carbocycles. The quantitative estimate of drug-likeness (QED) is 0.475. The van der Waals surface area contributed by atoms with Crippen molar-refractivity contribution in [2.75, 3.05) is 11.5 Å². The SMILES string of the molecule is C[C@@]12CC[C@@](CCOc3ccc(C#N)c(C#N)c3)(O1)[C@H]1C(=O)N(c3ccc(C#N)c4ccccc34)C(=O)[C@H]12. The maximum atomic E-state index is 14.0. The predicted molar refractivity (Wildman–Crippen MR) is 136 cm³/mol. The normalized spacial score (nSPS) is 27.2. The Morgan fingerprint density at radius 1 is 0.895 bits per heavy atom. The average Bonchev–Trinajstić information content (AvgIpc) is 3.52. The Labute approximate surface area is 219 Å². The van der Waals surface area contributed by atoms with Gasteiger partial charge in [-0.1, -0.05) is 24.3 Å². The topological polar surface area (TPSA) is 127 Å². The van der Waals surface area contributed by atoms with Crippen molar-refractivity contribution < 1.29 is 19.1 Å². The summed E-state index contributed by atoms with van der Waals surface area (Å²) in [6.07, 6.45) is 1.68. The Balaban J connectivity index is 1.30. The second-order valence-electron chi connectivity index (χ2n) is 10.3. The highest BCUT2D eigenvalue weighted by atomic mass is 16.5. The Morgan fingerprint density at radius 2 is 1.58 bits per heavy atom. The van der Waals surface area contributed by atoms with Gasteiger partial charge in [-0.2, -0.15) is 15.8 Å². The smallest absolute Gasteiger partial charge is 0.240 e. The lowest BCUT2D eigenvalue weighted by Gasteiger charge is -2.31. The molecular formula is C30H22N4O4. The van der Waals surface area contributed by atoms with E-state index in [4.69, 9.17) is 14.7 Å². The van der Waals surface area contributed by atoms with Gasteiger partial charge in [0.25, 0.3) is 0 Å². The molecule has 8 nitrogen and oxygen atoms in total. The first-order chi connectivity index (χ1) is 18.4. The molecule has 2 amide bonds. The van der Waals surface area contributed by atoms with Gasteiger partial charge in [-0.15, -0.1) is 0 Å². The van der Waals surface area contributed by atoms with Gasteiger partial charge in [-0.3, -0.25) is 9.59 Å². The number of carbonyl (C=O) groups is 2. The number of benzene rings is 3. The molecule has 8 heteroatoms. The van der Waals surface area contributed by atoms with E-state index in [9.17, 15) is 20.1 Å².